The summed E-state index contributed by atoms with van der Waals surface area (Å²) in [6, 6.07) is 11.8. The van der Waals surface area contributed by atoms with Crippen molar-refractivity contribution in [3.8, 4) is 22.6 Å². The summed E-state index contributed by atoms with van der Waals surface area (Å²) in [4.78, 5) is 30.9. The van der Waals surface area contributed by atoms with Gasteiger partial charge in [-0.05, 0) is 63.3 Å². The van der Waals surface area contributed by atoms with Crippen LogP contribution < -0.4 is 14.8 Å². The smallest absolute Gasteiger partial charge is 0.410 e. The van der Waals surface area contributed by atoms with E-state index < -0.39 is 38.3 Å². The number of carboxylic acids is 1. The minimum atomic E-state index is -3.85. The van der Waals surface area contributed by atoms with E-state index in [0.717, 1.165) is 16.7 Å². The van der Waals surface area contributed by atoms with Crippen molar-refractivity contribution in [1.29, 1.82) is 0 Å². The first-order valence-electron chi connectivity index (χ1n) is 15.2. The van der Waals surface area contributed by atoms with E-state index in [9.17, 15) is 23.1 Å². The van der Waals surface area contributed by atoms with Crippen LogP contribution in [0, 0.1) is 0 Å². The van der Waals surface area contributed by atoms with E-state index in [1.807, 2.05) is 42.5 Å². The van der Waals surface area contributed by atoms with Gasteiger partial charge in [-0.2, -0.15) is 0 Å². The lowest BCUT2D eigenvalue weighted by atomic mass is 9.95. The summed E-state index contributed by atoms with van der Waals surface area (Å²) in [6.45, 7) is 5.53. The van der Waals surface area contributed by atoms with Crippen molar-refractivity contribution < 1.29 is 37.3 Å². The van der Waals surface area contributed by atoms with Crippen LogP contribution in [0.5, 0.6) is 11.5 Å². The van der Waals surface area contributed by atoms with Crippen molar-refractivity contribution in [3.63, 3.8) is 0 Å². The third-order valence-electron chi connectivity index (χ3n) is 8.11. The molecule has 1 aromatic heterocycles. The van der Waals surface area contributed by atoms with Gasteiger partial charge in [0.05, 0.1) is 31.9 Å². The summed E-state index contributed by atoms with van der Waals surface area (Å²) in [5, 5.41) is 13.2. The standard InChI is InChI=1S/C33H44N4O8S/c1-32(2,3)45-31(40)37-16-7-14-33(22-37,46(41,42)19-18-36-17-15-34-23-36)21-35-26(30(38)39)20-24-10-12-25(13-11-24)29-27(43-4)8-6-9-28(29)44-5/h6,8-13,15,17,23,26,35H,7,14,16,18-22H2,1-5H3,(H,38,39)/t26-,33?/m0/s1. The first kappa shape index (κ1) is 34.8. The van der Waals surface area contributed by atoms with Crippen molar-refractivity contribution in [2.75, 3.05) is 39.6 Å². The third kappa shape index (κ3) is 8.38. The number of rotatable bonds is 13. The van der Waals surface area contributed by atoms with Gasteiger partial charge in [0.15, 0.2) is 9.84 Å². The van der Waals surface area contributed by atoms with E-state index in [2.05, 4.69) is 10.3 Å². The summed E-state index contributed by atoms with van der Waals surface area (Å²) in [5.74, 6) is -0.0192. The maximum absolute atomic E-state index is 14.1. The van der Waals surface area contributed by atoms with Crippen LogP contribution in [-0.4, -0.2) is 96.0 Å². The Kier molecular flexibility index (Phi) is 11.0. The Morgan fingerprint density at radius 1 is 1.09 bits per heavy atom. The van der Waals surface area contributed by atoms with Crippen molar-refractivity contribution in [3.05, 3.63) is 66.7 Å². The molecule has 0 spiro atoms. The largest absolute Gasteiger partial charge is 0.496 e. The van der Waals surface area contributed by atoms with Crippen LogP contribution in [0.4, 0.5) is 4.79 Å². The number of benzene rings is 2. The van der Waals surface area contributed by atoms with Crippen LogP contribution in [0.3, 0.4) is 0 Å². The molecule has 0 saturated carbocycles. The van der Waals surface area contributed by atoms with Crippen LogP contribution in [0.25, 0.3) is 11.1 Å². The van der Waals surface area contributed by atoms with E-state index >= 15 is 0 Å². The number of methoxy groups -OCH3 is 2. The minimum absolute atomic E-state index is 0.108. The number of imidazole rings is 1. The van der Waals surface area contributed by atoms with Gasteiger partial charge in [0.1, 0.15) is 27.9 Å². The molecule has 13 heteroatoms. The molecule has 1 aliphatic heterocycles. The number of aromatic nitrogens is 2. The second kappa shape index (κ2) is 14.5. The zero-order valence-corrected chi connectivity index (χ0v) is 27.9. The number of aliphatic carboxylic acids is 1. The fourth-order valence-electron chi connectivity index (χ4n) is 5.68. The second-order valence-corrected chi connectivity index (χ2v) is 15.0. The lowest BCUT2D eigenvalue weighted by molar-refractivity contribution is -0.139. The lowest BCUT2D eigenvalue weighted by Gasteiger charge is -2.43. The predicted octanol–water partition coefficient (Wildman–Crippen LogP) is 4.04. The van der Waals surface area contributed by atoms with E-state index in [4.69, 9.17) is 14.2 Å². The maximum atomic E-state index is 14.1. The highest BCUT2D eigenvalue weighted by Crippen LogP contribution is 2.38. The Morgan fingerprint density at radius 3 is 2.33 bits per heavy atom. The number of hydrogen-bond acceptors (Lipinski definition) is 9. The topological polar surface area (TPSA) is 149 Å². The van der Waals surface area contributed by atoms with E-state index in [1.165, 1.54) is 4.90 Å². The van der Waals surface area contributed by atoms with Gasteiger partial charge in [0, 0.05) is 38.6 Å². The van der Waals surface area contributed by atoms with Crippen LogP contribution in [-0.2, 0) is 32.3 Å². The summed E-state index contributed by atoms with van der Waals surface area (Å²) in [5.41, 5.74) is 1.61. The average molecular weight is 657 g/mol. The molecule has 2 heterocycles. The highest BCUT2D eigenvalue weighted by molar-refractivity contribution is 7.92. The van der Waals surface area contributed by atoms with Gasteiger partial charge in [-0.3, -0.25) is 4.79 Å². The van der Waals surface area contributed by atoms with Crippen LogP contribution in [0.1, 0.15) is 39.2 Å². The van der Waals surface area contributed by atoms with Gasteiger partial charge in [-0.25, -0.2) is 18.2 Å². The van der Waals surface area contributed by atoms with Crippen molar-refractivity contribution in [1.82, 2.24) is 19.8 Å². The number of amides is 1. The minimum Gasteiger partial charge on any atom is -0.496 e. The van der Waals surface area contributed by atoms with Crippen molar-refractivity contribution >= 4 is 21.9 Å². The molecule has 1 fully saturated rings. The van der Waals surface area contributed by atoms with Gasteiger partial charge in [0.2, 0.25) is 0 Å². The first-order chi connectivity index (χ1) is 21.8. The number of carbonyl (C=O) groups is 2. The van der Waals surface area contributed by atoms with Gasteiger partial charge < -0.3 is 34.1 Å². The Bertz CT molecular complexity index is 1560. The second-order valence-electron chi connectivity index (χ2n) is 12.5. The van der Waals surface area contributed by atoms with Gasteiger partial charge >= 0.3 is 12.1 Å². The molecular formula is C33H44N4O8S. The van der Waals surface area contributed by atoms with E-state index in [0.29, 0.717) is 24.5 Å². The lowest BCUT2D eigenvalue weighted by Crippen LogP contribution is -2.61. The highest BCUT2D eigenvalue weighted by Gasteiger charge is 2.48. The van der Waals surface area contributed by atoms with Crippen LogP contribution in [0.15, 0.2) is 61.2 Å². The molecule has 1 amide bonds. The quantitative estimate of drug-likeness (QED) is 0.276. The molecule has 2 aromatic carbocycles. The monoisotopic (exact) mass is 656 g/mol. The average Bonchev–Trinajstić information content (AvgIpc) is 3.55. The zero-order valence-electron chi connectivity index (χ0n) is 27.1. The fraction of sp³-hybridized carbons (Fsp3) is 0.485. The van der Waals surface area contributed by atoms with E-state index in [-0.39, 0.29) is 38.2 Å². The summed E-state index contributed by atoms with van der Waals surface area (Å²) >= 11 is 0. The number of ether oxygens (including phenoxy) is 3. The molecule has 1 saturated heterocycles. The fourth-order valence-corrected chi connectivity index (χ4v) is 7.68. The normalized spacial score (nSPS) is 17.7. The maximum Gasteiger partial charge on any atom is 0.410 e. The number of carboxylic acid groups (broad SMARTS) is 1. The van der Waals surface area contributed by atoms with Crippen LogP contribution >= 0.6 is 0 Å². The highest BCUT2D eigenvalue weighted by atomic mass is 32.2. The number of carbonyl (C=O) groups excluding carboxylic acids is 1. The molecule has 0 aliphatic carbocycles. The Labute approximate surface area is 270 Å². The number of sulfone groups is 1. The van der Waals surface area contributed by atoms with Gasteiger partial charge in [0.25, 0.3) is 0 Å². The summed E-state index contributed by atoms with van der Waals surface area (Å²) in [7, 11) is -0.686. The van der Waals surface area contributed by atoms with E-state index in [1.54, 1.807) is 58.3 Å². The molecule has 0 radical (unpaired) electrons. The number of aryl methyl sites for hydroxylation is 1. The number of nitrogens with one attached hydrogen (secondary N) is 1. The molecule has 0 bridgehead atoms. The Morgan fingerprint density at radius 2 is 1.76 bits per heavy atom. The van der Waals surface area contributed by atoms with Crippen molar-refractivity contribution in [2.24, 2.45) is 0 Å². The molecule has 250 valence electrons. The molecule has 12 nitrogen and oxygen atoms in total. The van der Waals surface area contributed by atoms with Gasteiger partial charge in [-0.1, -0.05) is 30.3 Å². The molecule has 1 unspecified atom stereocenters. The number of piperidine rings is 1. The number of likely N-dealkylation sites (tertiary alicyclic amines) is 1. The molecule has 4 rings (SSSR count). The number of hydrogen-bond donors (Lipinski definition) is 2. The SMILES string of the molecule is COc1cccc(OC)c1-c1ccc(C[C@H](NCC2(S(=O)(=O)CCn3ccnc3)CCCN(C(=O)OC(C)(C)C)C2)C(=O)O)cc1. The molecule has 2 N–H and O–H groups in total. The first-order valence-corrected chi connectivity index (χ1v) is 16.9. The zero-order chi connectivity index (χ0) is 33.5. The molecule has 2 atom stereocenters. The molecular weight excluding hydrogens is 612 g/mol. The summed E-state index contributed by atoms with van der Waals surface area (Å²) in [6.07, 6.45) is 5.02. The third-order valence-corrected chi connectivity index (χ3v) is 10.6. The molecule has 1 aliphatic rings. The predicted molar refractivity (Wildman–Crippen MR) is 174 cm³/mol. The summed E-state index contributed by atoms with van der Waals surface area (Å²) < 4.78 is 45.0. The Hall–Kier alpha value is -4.10. The molecule has 46 heavy (non-hydrogen) atoms. The number of nitrogens with zero attached hydrogens (tertiary/aromatic N) is 3. The van der Waals surface area contributed by atoms with Gasteiger partial charge in [-0.15, -0.1) is 0 Å². The molecule has 3 aromatic rings. The van der Waals surface area contributed by atoms with Crippen LogP contribution in [0.2, 0.25) is 0 Å². The Balaban J connectivity index is 1.56. The van der Waals surface area contributed by atoms with Crippen molar-refractivity contribution in [2.45, 2.75) is 63.0 Å².